The van der Waals surface area contributed by atoms with Crippen LogP contribution in [0.4, 0.5) is 0 Å². The molecule has 138 valence electrons. The number of hydrogen-bond donors (Lipinski definition) is 0. The van der Waals surface area contributed by atoms with E-state index in [1.165, 1.54) is 5.56 Å². The Morgan fingerprint density at radius 1 is 1.27 bits per heavy atom. The van der Waals surface area contributed by atoms with Gasteiger partial charge in [-0.2, -0.15) is 10.1 Å². The van der Waals surface area contributed by atoms with Crippen LogP contribution in [0.25, 0.3) is 0 Å². The zero-order valence-electron chi connectivity index (χ0n) is 15.7. The van der Waals surface area contributed by atoms with E-state index in [9.17, 15) is 0 Å². The lowest BCUT2D eigenvalue weighted by Crippen LogP contribution is -2.18. The number of ether oxygens (including phenoxy) is 1. The number of nitrogens with zero attached hydrogens (tertiary/aromatic N) is 5. The molecule has 0 aliphatic rings. The van der Waals surface area contributed by atoms with Crippen molar-refractivity contribution in [3.8, 4) is 5.75 Å². The maximum Gasteiger partial charge on any atom is 0.240 e. The van der Waals surface area contributed by atoms with E-state index >= 15 is 0 Å². The molecule has 0 amide bonds. The number of benzene rings is 1. The number of aromatic nitrogens is 4. The maximum atomic E-state index is 5.49. The van der Waals surface area contributed by atoms with Gasteiger partial charge in [0.2, 0.25) is 5.89 Å². The molecular weight excluding hydrogens is 330 g/mol. The molecular formula is C19H25N5O2. The number of methoxy groups -OCH3 is 1. The van der Waals surface area contributed by atoms with Gasteiger partial charge in [-0.3, -0.25) is 9.58 Å². The summed E-state index contributed by atoms with van der Waals surface area (Å²) in [6, 6.07) is 8.16. The summed E-state index contributed by atoms with van der Waals surface area (Å²) in [6.07, 6.45) is 3.72. The molecule has 0 spiro atoms. The van der Waals surface area contributed by atoms with Crippen molar-refractivity contribution in [3.63, 3.8) is 0 Å². The fourth-order valence-electron chi connectivity index (χ4n) is 2.79. The molecule has 0 saturated heterocycles. The predicted octanol–water partition coefficient (Wildman–Crippen LogP) is 3.08. The molecule has 2 heterocycles. The third-order valence-corrected chi connectivity index (χ3v) is 4.09. The van der Waals surface area contributed by atoms with Crippen LogP contribution in [0, 0.1) is 0 Å². The highest BCUT2D eigenvalue weighted by Gasteiger charge is 2.13. The normalized spacial score (nSPS) is 11.5. The van der Waals surface area contributed by atoms with Crippen LogP contribution < -0.4 is 4.74 Å². The minimum Gasteiger partial charge on any atom is -0.496 e. The molecule has 0 fully saturated rings. The zero-order chi connectivity index (χ0) is 18.5. The van der Waals surface area contributed by atoms with Gasteiger partial charge in [-0.05, 0) is 30.8 Å². The van der Waals surface area contributed by atoms with Crippen LogP contribution >= 0.6 is 0 Å². The van der Waals surface area contributed by atoms with Crippen LogP contribution in [0.1, 0.15) is 42.6 Å². The minimum atomic E-state index is 0.268. The Bertz CT molecular complexity index is 826. The van der Waals surface area contributed by atoms with E-state index < -0.39 is 0 Å². The number of hydrogen-bond acceptors (Lipinski definition) is 6. The molecule has 7 nitrogen and oxygen atoms in total. The number of rotatable bonds is 8. The lowest BCUT2D eigenvalue weighted by Gasteiger charge is -2.16. The van der Waals surface area contributed by atoms with Gasteiger partial charge in [0, 0.05) is 30.4 Å². The van der Waals surface area contributed by atoms with E-state index in [-0.39, 0.29) is 5.92 Å². The maximum absolute atomic E-state index is 5.49. The molecule has 0 bridgehead atoms. The van der Waals surface area contributed by atoms with Gasteiger partial charge >= 0.3 is 0 Å². The quantitative estimate of drug-likeness (QED) is 0.618. The van der Waals surface area contributed by atoms with E-state index in [1.54, 1.807) is 13.3 Å². The summed E-state index contributed by atoms with van der Waals surface area (Å²) in [5.74, 6) is 2.52. The molecule has 2 aromatic heterocycles. The fraction of sp³-hybridized carbons (Fsp3) is 0.421. The van der Waals surface area contributed by atoms with Crippen molar-refractivity contribution >= 4 is 0 Å². The molecule has 0 saturated carbocycles. The first-order valence-corrected chi connectivity index (χ1v) is 8.69. The Balaban J connectivity index is 1.68. The summed E-state index contributed by atoms with van der Waals surface area (Å²) in [7, 11) is 3.73. The van der Waals surface area contributed by atoms with Crippen molar-refractivity contribution in [2.24, 2.45) is 0 Å². The second kappa shape index (κ2) is 8.14. The Morgan fingerprint density at radius 2 is 2.12 bits per heavy atom. The molecule has 26 heavy (non-hydrogen) atoms. The van der Waals surface area contributed by atoms with Crippen molar-refractivity contribution in [2.45, 2.75) is 39.4 Å². The van der Waals surface area contributed by atoms with Gasteiger partial charge in [0.25, 0.3) is 0 Å². The molecule has 1 aromatic carbocycles. The van der Waals surface area contributed by atoms with Crippen LogP contribution in [0.2, 0.25) is 0 Å². The van der Waals surface area contributed by atoms with Crippen molar-refractivity contribution < 1.29 is 9.26 Å². The van der Waals surface area contributed by atoms with Crippen LogP contribution in [-0.2, 0) is 19.6 Å². The molecule has 3 aromatic rings. The summed E-state index contributed by atoms with van der Waals surface area (Å²) in [6.45, 7) is 6.17. The summed E-state index contributed by atoms with van der Waals surface area (Å²) in [5.41, 5.74) is 2.29. The summed E-state index contributed by atoms with van der Waals surface area (Å²) in [5, 5.41) is 8.29. The van der Waals surface area contributed by atoms with Crippen molar-refractivity contribution in [1.29, 1.82) is 0 Å². The third-order valence-electron chi connectivity index (χ3n) is 4.09. The second-order valence-electron chi connectivity index (χ2n) is 6.72. The van der Waals surface area contributed by atoms with Crippen LogP contribution in [0.3, 0.4) is 0 Å². The summed E-state index contributed by atoms with van der Waals surface area (Å²) >= 11 is 0. The topological polar surface area (TPSA) is 69.2 Å². The van der Waals surface area contributed by atoms with E-state index in [0.717, 1.165) is 23.7 Å². The summed E-state index contributed by atoms with van der Waals surface area (Å²) < 4.78 is 12.7. The smallest absolute Gasteiger partial charge is 0.240 e. The first-order valence-electron chi connectivity index (χ1n) is 8.69. The lowest BCUT2D eigenvalue weighted by molar-refractivity contribution is 0.260. The highest BCUT2D eigenvalue weighted by molar-refractivity contribution is 5.37. The first kappa shape index (κ1) is 18.1. The fourth-order valence-corrected chi connectivity index (χ4v) is 2.79. The van der Waals surface area contributed by atoms with Crippen LogP contribution in [-0.4, -0.2) is 39.0 Å². The highest BCUT2D eigenvalue weighted by atomic mass is 16.5. The predicted molar refractivity (Wildman–Crippen MR) is 97.9 cm³/mol. The average molecular weight is 355 g/mol. The standard InChI is InChI=1S/C19H25N5O2/c1-14(2)19-21-18(26-22-19)13-23(3)11-15-6-7-17(25-4)16(10-15)12-24-9-5-8-20-24/h5-10,14H,11-13H2,1-4H3. The van der Waals surface area contributed by atoms with Gasteiger partial charge in [0.15, 0.2) is 5.82 Å². The Morgan fingerprint density at radius 3 is 2.77 bits per heavy atom. The zero-order valence-corrected chi connectivity index (χ0v) is 15.7. The third kappa shape index (κ3) is 4.49. The van der Waals surface area contributed by atoms with Crippen molar-refractivity contribution in [1.82, 2.24) is 24.8 Å². The molecule has 0 atom stereocenters. The van der Waals surface area contributed by atoms with Crippen LogP contribution in [0.5, 0.6) is 5.75 Å². The van der Waals surface area contributed by atoms with E-state index in [2.05, 4.69) is 46.1 Å². The van der Waals surface area contributed by atoms with Crippen molar-refractivity contribution in [3.05, 3.63) is 59.5 Å². The van der Waals surface area contributed by atoms with Gasteiger partial charge < -0.3 is 9.26 Å². The van der Waals surface area contributed by atoms with Crippen molar-refractivity contribution in [2.75, 3.05) is 14.2 Å². The highest BCUT2D eigenvalue weighted by Crippen LogP contribution is 2.22. The SMILES string of the molecule is COc1ccc(CN(C)Cc2nc(C(C)C)no2)cc1Cn1cccn1. The largest absolute Gasteiger partial charge is 0.496 e. The van der Waals surface area contributed by atoms with Gasteiger partial charge in [0.05, 0.1) is 20.2 Å². The molecule has 3 rings (SSSR count). The Kier molecular flexibility index (Phi) is 5.68. The van der Waals surface area contributed by atoms with Gasteiger partial charge in [-0.15, -0.1) is 0 Å². The molecule has 0 unspecified atom stereocenters. The summed E-state index contributed by atoms with van der Waals surface area (Å²) in [4.78, 5) is 6.59. The van der Waals surface area contributed by atoms with Crippen LogP contribution in [0.15, 0.2) is 41.2 Å². The second-order valence-corrected chi connectivity index (χ2v) is 6.72. The molecule has 7 heteroatoms. The van der Waals surface area contributed by atoms with Gasteiger partial charge in [0.1, 0.15) is 5.75 Å². The lowest BCUT2D eigenvalue weighted by atomic mass is 10.1. The molecule has 0 radical (unpaired) electrons. The monoisotopic (exact) mass is 355 g/mol. The molecule has 0 N–H and O–H groups in total. The molecule has 0 aliphatic heterocycles. The Hall–Kier alpha value is -2.67. The minimum absolute atomic E-state index is 0.268. The van der Waals surface area contributed by atoms with Gasteiger partial charge in [-0.1, -0.05) is 25.1 Å². The first-order chi connectivity index (χ1) is 12.5. The van der Waals surface area contributed by atoms with E-state index in [0.29, 0.717) is 19.0 Å². The average Bonchev–Trinajstić information content (AvgIpc) is 3.27. The van der Waals surface area contributed by atoms with E-state index in [4.69, 9.17) is 9.26 Å². The van der Waals surface area contributed by atoms with E-state index in [1.807, 2.05) is 30.1 Å². The Labute approximate surface area is 153 Å². The molecule has 0 aliphatic carbocycles. The van der Waals surface area contributed by atoms with Gasteiger partial charge in [-0.25, -0.2) is 0 Å².